The molecule has 1 atom stereocenters. The van der Waals surface area contributed by atoms with Crippen LogP contribution >= 0.6 is 12.4 Å². The first-order valence-corrected chi connectivity index (χ1v) is 6.18. The van der Waals surface area contributed by atoms with Crippen LogP contribution in [0.1, 0.15) is 17.5 Å². The van der Waals surface area contributed by atoms with E-state index in [1.54, 1.807) is 0 Å². The fourth-order valence-corrected chi connectivity index (χ4v) is 2.32. The van der Waals surface area contributed by atoms with Gasteiger partial charge in [-0.25, -0.2) is 8.78 Å². The van der Waals surface area contributed by atoms with Crippen molar-refractivity contribution < 1.29 is 18.4 Å². The lowest BCUT2D eigenvalue weighted by Gasteiger charge is -2.31. The largest absolute Gasteiger partial charge is 0.370 e. The Morgan fingerprint density at radius 1 is 1.24 bits per heavy atom. The van der Waals surface area contributed by atoms with Gasteiger partial charge in [-0.05, 0) is 24.1 Å². The first-order valence-electron chi connectivity index (χ1n) is 6.18. The maximum Gasteiger partial charge on any atom is 0.240 e. The number of benzene rings is 1. The summed E-state index contributed by atoms with van der Waals surface area (Å²) < 4.78 is 27.2. The number of amides is 2. The van der Waals surface area contributed by atoms with Crippen LogP contribution in [-0.4, -0.2) is 29.3 Å². The zero-order valence-electron chi connectivity index (χ0n) is 11.1. The van der Waals surface area contributed by atoms with Crippen molar-refractivity contribution >= 4 is 24.2 Å². The molecule has 1 aromatic rings. The lowest BCUT2D eigenvalue weighted by molar-refractivity contribution is -0.135. The van der Waals surface area contributed by atoms with Gasteiger partial charge in [-0.15, -0.1) is 12.4 Å². The molecule has 0 fully saturated rings. The average Bonchev–Trinajstić information content (AvgIpc) is 2.41. The molecular formula is C13H16ClF2N3O2. The van der Waals surface area contributed by atoms with Crippen molar-refractivity contribution in [1.29, 1.82) is 0 Å². The highest BCUT2D eigenvalue weighted by molar-refractivity contribution is 5.87. The quantitative estimate of drug-likeness (QED) is 0.849. The number of nitrogens with two attached hydrogens (primary N) is 2. The molecule has 0 aliphatic carbocycles. The molecule has 1 aromatic carbocycles. The highest BCUT2D eigenvalue weighted by Gasteiger charge is 2.28. The molecule has 4 N–H and O–H groups in total. The molecular weight excluding hydrogens is 304 g/mol. The number of carbonyl (C=O) groups excluding carboxylic acids is 2. The third-order valence-corrected chi connectivity index (χ3v) is 3.35. The van der Waals surface area contributed by atoms with Gasteiger partial charge in [-0.1, -0.05) is 0 Å². The lowest BCUT2D eigenvalue weighted by Crippen LogP contribution is -2.47. The Bertz CT molecular complexity index is 569. The highest BCUT2D eigenvalue weighted by Crippen LogP contribution is 2.24. The first kappa shape index (κ1) is 17.3. The molecule has 0 saturated heterocycles. The normalized spacial score (nSPS) is 14.9. The molecule has 0 radical (unpaired) electrons. The summed E-state index contributed by atoms with van der Waals surface area (Å²) in [6, 6.07) is 1.06. The predicted octanol–water partition coefficient (Wildman–Crippen LogP) is 0.474. The Hall–Kier alpha value is -1.73. The van der Waals surface area contributed by atoms with Crippen molar-refractivity contribution in [3.05, 3.63) is 34.9 Å². The molecule has 1 aliphatic rings. The molecule has 2 amide bonds. The minimum atomic E-state index is -1.05. The number of nitrogens with zero attached hydrogens (tertiary/aromatic N) is 1. The number of hydrogen-bond donors (Lipinski definition) is 2. The molecule has 1 heterocycles. The summed E-state index contributed by atoms with van der Waals surface area (Å²) in [5, 5.41) is 0. The van der Waals surface area contributed by atoms with Crippen LogP contribution in [0.15, 0.2) is 12.1 Å². The van der Waals surface area contributed by atoms with E-state index in [0.717, 1.165) is 12.1 Å². The van der Waals surface area contributed by atoms with Gasteiger partial charge >= 0.3 is 0 Å². The smallest absolute Gasteiger partial charge is 0.240 e. The van der Waals surface area contributed by atoms with Crippen LogP contribution in [0.25, 0.3) is 0 Å². The summed E-state index contributed by atoms with van der Waals surface area (Å²) in [5.74, 6) is -2.20. The zero-order valence-corrected chi connectivity index (χ0v) is 12.0. The molecule has 1 aliphatic heterocycles. The molecule has 0 spiro atoms. The Morgan fingerprint density at radius 3 is 2.38 bits per heavy atom. The summed E-state index contributed by atoms with van der Waals surface area (Å²) in [7, 11) is 0. The highest BCUT2D eigenvalue weighted by atomic mass is 35.5. The lowest BCUT2D eigenvalue weighted by atomic mass is 9.97. The van der Waals surface area contributed by atoms with Crippen molar-refractivity contribution in [2.24, 2.45) is 11.5 Å². The van der Waals surface area contributed by atoms with Crippen LogP contribution in [0.5, 0.6) is 0 Å². The maximum absolute atomic E-state index is 13.7. The molecule has 5 nitrogen and oxygen atoms in total. The standard InChI is InChI=1S/C13H15F2N3O2.ClH/c14-9-1-2-10(15)8-6-18(4-3-7(8)9)13(20)11(16)5-12(17)19;/h1-2,11H,3-6,16H2,(H2,17,19);1H. The van der Waals surface area contributed by atoms with E-state index >= 15 is 0 Å². The van der Waals surface area contributed by atoms with Gasteiger partial charge in [0.05, 0.1) is 12.5 Å². The SMILES string of the molecule is Cl.NC(=O)CC(N)C(=O)N1CCc2c(F)ccc(F)c2C1. The summed E-state index contributed by atoms with van der Waals surface area (Å²) in [4.78, 5) is 24.1. The zero-order chi connectivity index (χ0) is 14.9. The van der Waals surface area contributed by atoms with Crippen LogP contribution in [0.2, 0.25) is 0 Å². The van der Waals surface area contributed by atoms with Gasteiger partial charge in [0.1, 0.15) is 11.6 Å². The summed E-state index contributed by atoms with van der Waals surface area (Å²) in [5.41, 5.74) is 11.0. The maximum atomic E-state index is 13.7. The first-order chi connectivity index (χ1) is 9.40. The summed E-state index contributed by atoms with van der Waals surface area (Å²) in [6.45, 7) is 0.183. The summed E-state index contributed by atoms with van der Waals surface area (Å²) >= 11 is 0. The number of rotatable bonds is 3. The monoisotopic (exact) mass is 319 g/mol. The van der Waals surface area contributed by atoms with Crippen molar-refractivity contribution in [1.82, 2.24) is 4.90 Å². The van der Waals surface area contributed by atoms with Gasteiger partial charge in [0.2, 0.25) is 11.8 Å². The van der Waals surface area contributed by atoms with Crippen LogP contribution < -0.4 is 11.5 Å². The fraction of sp³-hybridized carbons (Fsp3) is 0.385. The minimum Gasteiger partial charge on any atom is -0.370 e. The van der Waals surface area contributed by atoms with Gasteiger partial charge < -0.3 is 16.4 Å². The van der Waals surface area contributed by atoms with Gasteiger partial charge in [0, 0.05) is 18.7 Å². The van der Waals surface area contributed by atoms with Crippen LogP contribution in [0.4, 0.5) is 8.78 Å². The van der Waals surface area contributed by atoms with Crippen molar-refractivity contribution in [3.63, 3.8) is 0 Å². The third kappa shape index (κ3) is 3.68. The average molecular weight is 320 g/mol. The molecule has 2 rings (SSSR count). The number of primary amides is 1. The van der Waals surface area contributed by atoms with Crippen LogP contribution in [0, 0.1) is 11.6 Å². The molecule has 1 unspecified atom stereocenters. The minimum absolute atomic E-state index is 0. The topological polar surface area (TPSA) is 89.4 Å². The Balaban J connectivity index is 0.00000220. The Kier molecular flexibility index (Phi) is 5.62. The Morgan fingerprint density at radius 2 is 1.81 bits per heavy atom. The second-order valence-corrected chi connectivity index (χ2v) is 4.77. The molecule has 116 valence electrons. The second-order valence-electron chi connectivity index (χ2n) is 4.77. The van der Waals surface area contributed by atoms with Crippen molar-refractivity contribution in [2.75, 3.05) is 6.54 Å². The van der Waals surface area contributed by atoms with E-state index in [0.29, 0.717) is 0 Å². The molecule has 21 heavy (non-hydrogen) atoms. The molecule has 0 saturated carbocycles. The predicted molar refractivity (Wildman–Crippen MR) is 74.5 cm³/mol. The molecule has 8 heteroatoms. The van der Waals surface area contributed by atoms with Crippen molar-refractivity contribution in [3.8, 4) is 0 Å². The molecule has 0 aromatic heterocycles. The Labute approximate surface area is 126 Å². The van der Waals surface area contributed by atoms with Crippen LogP contribution in [0.3, 0.4) is 0 Å². The number of fused-ring (bicyclic) bond motifs is 1. The number of halogens is 3. The van der Waals surface area contributed by atoms with E-state index in [2.05, 4.69) is 0 Å². The number of carbonyl (C=O) groups is 2. The van der Waals surface area contributed by atoms with E-state index in [-0.39, 0.29) is 49.5 Å². The van der Waals surface area contributed by atoms with Gasteiger partial charge in [-0.3, -0.25) is 9.59 Å². The van der Waals surface area contributed by atoms with E-state index in [1.165, 1.54) is 4.90 Å². The third-order valence-electron chi connectivity index (χ3n) is 3.35. The van der Waals surface area contributed by atoms with Crippen LogP contribution in [-0.2, 0) is 22.6 Å². The van der Waals surface area contributed by atoms with Gasteiger partial charge in [-0.2, -0.15) is 0 Å². The number of hydrogen-bond acceptors (Lipinski definition) is 3. The van der Waals surface area contributed by atoms with Gasteiger partial charge in [0.15, 0.2) is 0 Å². The van der Waals surface area contributed by atoms with E-state index in [9.17, 15) is 18.4 Å². The second kappa shape index (κ2) is 6.82. The summed E-state index contributed by atoms with van der Waals surface area (Å²) in [6.07, 6.45) is -0.0538. The van der Waals surface area contributed by atoms with Crippen molar-refractivity contribution in [2.45, 2.75) is 25.4 Å². The van der Waals surface area contributed by atoms with Gasteiger partial charge in [0.25, 0.3) is 0 Å². The van der Waals surface area contributed by atoms with E-state index in [4.69, 9.17) is 11.5 Å². The fourth-order valence-electron chi connectivity index (χ4n) is 2.32. The van der Waals surface area contributed by atoms with E-state index in [1.807, 2.05) is 0 Å². The van der Waals surface area contributed by atoms with E-state index < -0.39 is 29.5 Å². The molecule has 0 bridgehead atoms.